The molecule has 1 rings (SSSR count). The van der Waals surface area contributed by atoms with Gasteiger partial charge in [0.2, 0.25) is 0 Å². The van der Waals surface area contributed by atoms with Gasteiger partial charge in [-0.1, -0.05) is 31.9 Å². The quantitative estimate of drug-likeness (QED) is 0.885. The third-order valence-electron chi connectivity index (χ3n) is 2.15. The van der Waals surface area contributed by atoms with E-state index >= 15 is 0 Å². The van der Waals surface area contributed by atoms with Gasteiger partial charge in [-0.3, -0.25) is 0 Å². The van der Waals surface area contributed by atoms with Crippen molar-refractivity contribution in [3.05, 3.63) is 32.7 Å². The molecule has 1 aromatic carbocycles. The number of halogens is 2. The monoisotopic (exact) mass is 369 g/mol. The van der Waals surface area contributed by atoms with E-state index in [9.17, 15) is 8.42 Å². The van der Waals surface area contributed by atoms with E-state index in [1.807, 2.05) is 18.2 Å². The van der Waals surface area contributed by atoms with Crippen LogP contribution in [0.4, 0.5) is 0 Å². The summed E-state index contributed by atoms with van der Waals surface area (Å²) in [5.74, 6) is 0.0819. The minimum atomic E-state index is -3.01. The zero-order valence-electron chi connectivity index (χ0n) is 9.00. The van der Waals surface area contributed by atoms with Gasteiger partial charge in [0.1, 0.15) is 9.84 Å². The van der Waals surface area contributed by atoms with Gasteiger partial charge in [0, 0.05) is 21.2 Å². The molecular formula is C10H13Br2NO2S. The molecule has 0 aliphatic carbocycles. The normalized spacial score (nSPS) is 13.8. The topological polar surface area (TPSA) is 46.2 Å². The Kier molecular flexibility index (Phi) is 4.97. The van der Waals surface area contributed by atoms with Gasteiger partial charge in [-0.2, -0.15) is 0 Å². The summed E-state index contributed by atoms with van der Waals surface area (Å²) in [5.41, 5.74) is 0.933. The molecule has 0 fully saturated rings. The average molecular weight is 371 g/mol. The number of sulfone groups is 1. The highest BCUT2D eigenvalue weighted by Crippen LogP contribution is 2.27. The van der Waals surface area contributed by atoms with Crippen molar-refractivity contribution in [1.82, 2.24) is 5.32 Å². The molecule has 0 saturated heterocycles. The molecular weight excluding hydrogens is 358 g/mol. The Labute approximate surface area is 113 Å². The van der Waals surface area contributed by atoms with Crippen LogP contribution >= 0.6 is 31.9 Å². The summed E-state index contributed by atoms with van der Waals surface area (Å²) in [6.07, 6.45) is 1.24. The van der Waals surface area contributed by atoms with Crippen LogP contribution in [0.2, 0.25) is 0 Å². The molecule has 16 heavy (non-hydrogen) atoms. The lowest BCUT2D eigenvalue weighted by molar-refractivity contribution is 0.579. The van der Waals surface area contributed by atoms with Gasteiger partial charge in [0.25, 0.3) is 0 Å². The summed E-state index contributed by atoms with van der Waals surface area (Å²) in [5, 5.41) is 3.01. The van der Waals surface area contributed by atoms with Crippen LogP contribution in [0.3, 0.4) is 0 Å². The standard InChI is InChI=1S/C10H13Br2NO2S/c1-13-10(6-16(2,14)15)8-5-7(11)3-4-9(8)12/h3-5,10,13H,6H2,1-2H3. The van der Waals surface area contributed by atoms with E-state index in [4.69, 9.17) is 0 Å². The summed E-state index contributed by atoms with van der Waals surface area (Å²) in [7, 11) is -1.26. The minimum absolute atomic E-state index is 0.0819. The van der Waals surface area contributed by atoms with Crippen molar-refractivity contribution >= 4 is 41.7 Å². The molecule has 0 aliphatic heterocycles. The van der Waals surface area contributed by atoms with Crippen molar-refractivity contribution in [2.24, 2.45) is 0 Å². The third-order valence-corrected chi connectivity index (χ3v) is 4.31. The summed E-state index contributed by atoms with van der Waals surface area (Å²) < 4.78 is 24.4. The lowest BCUT2D eigenvalue weighted by Crippen LogP contribution is -2.25. The summed E-state index contributed by atoms with van der Waals surface area (Å²) >= 11 is 6.80. The van der Waals surface area contributed by atoms with Crippen molar-refractivity contribution in [2.45, 2.75) is 6.04 Å². The second-order valence-corrected chi connectivity index (χ2v) is 7.55. The average Bonchev–Trinajstić information content (AvgIpc) is 2.17. The molecule has 90 valence electrons. The fourth-order valence-corrected chi connectivity index (χ4v) is 3.27. The second kappa shape index (κ2) is 5.62. The Bertz CT molecular complexity index is 474. The van der Waals surface area contributed by atoms with E-state index in [1.54, 1.807) is 7.05 Å². The predicted molar refractivity (Wildman–Crippen MR) is 73.4 cm³/mol. The molecule has 1 N–H and O–H groups in total. The molecule has 1 unspecified atom stereocenters. The van der Waals surface area contributed by atoms with Gasteiger partial charge in [0.05, 0.1) is 5.75 Å². The highest BCUT2D eigenvalue weighted by atomic mass is 79.9. The van der Waals surface area contributed by atoms with Crippen molar-refractivity contribution in [3.8, 4) is 0 Å². The van der Waals surface area contributed by atoms with Crippen LogP contribution in [0.1, 0.15) is 11.6 Å². The molecule has 0 radical (unpaired) electrons. The van der Waals surface area contributed by atoms with Crippen LogP contribution < -0.4 is 5.32 Å². The largest absolute Gasteiger partial charge is 0.312 e. The van der Waals surface area contributed by atoms with E-state index in [0.29, 0.717) is 0 Å². The van der Waals surface area contributed by atoms with Crippen LogP contribution in [-0.2, 0) is 9.84 Å². The zero-order chi connectivity index (χ0) is 12.3. The van der Waals surface area contributed by atoms with Crippen molar-refractivity contribution in [2.75, 3.05) is 19.1 Å². The van der Waals surface area contributed by atoms with Crippen LogP contribution in [0.5, 0.6) is 0 Å². The molecule has 0 spiro atoms. The lowest BCUT2D eigenvalue weighted by Gasteiger charge is -2.17. The number of benzene rings is 1. The molecule has 1 atom stereocenters. The second-order valence-electron chi connectivity index (χ2n) is 3.60. The van der Waals surface area contributed by atoms with Crippen LogP contribution in [-0.4, -0.2) is 27.5 Å². The lowest BCUT2D eigenvalue weighted by atomic mass is 10.1. The Morgan fingerprint density at radius 1 is 1.38 bits per heavy atom. The van der Waals surface area contributed by atoms with Gasteiger partial charge < -0.3 is 5.32 Å². The molecule has 0 amide bonds. The first-order valence-corrected chi connectivity index (χ1v) is 8.28. The maximum absolute atomic E-state index is 11.3. The first-order chi connectivity index (χ1) is 7.33. The Balaban J connectivity index is 3.08. The van der Waals surface area contributed by atoms with Crippen molar-refractivity contribution < 1.29 is 8.42 Å². The molecule has 0 saturated carbocycles. The van der Waals surface area contributed by atoms with Gasteiger partial charge in [-0.15, -0.1) is 0 Å². The minimum Gasteiger partial charge on any atom is -0.312 e. The fraction of sp³-hybridized carbons (Fsp3) is 0.400. The third kappa shape index (κ3) is 4.16. The van der Waals surface area contributed by atoms with Gasteiger partial charge >= 0.3 is 0 Å². The van der Waals surface area contributed by atoms with E-state index in [-0.39, 0.29) is 11.8 Å². The first kappa shape index (κ1) is 14.2. The molecule has 0 aliphatic rings. The molecule has 3 nitrogen and oxygen atoms in total. The number of rotatable bonds is 4. The molecule has 0 aromatic heterocycles. The Hall–Kier alpha value is 0.0900. The highest BCUT2D eigenvalue weighted by Gasteiger charge is 2.18. The van der Waals surface area contributed by atoms with Crippen molar-refractivity contribution in [1.29, 1.82) is 0 Å². The van der Waals surface area contributed by atoms with E-state index in [0.717, 1.165) is 14.5 Å². The summed E-state index contributed by atoms with van der Waals surface area (Å²) in [4.78, 5) is 0. The molecule has 0 bridgehead atoms. The maximum atomic E-state index is 11.3. The summed E-state index contributed by atoms with van der Waals surface area (Å²) in [6.45, 7) is 0. The maximum Gasteiger partial charge on any atom is 0.149 e. The first-order valence-electron chi connectivity index (χ1n) is 4.63. The van der Waals surface area contributed by atoms with Crippen molar-refractivity contribution in [3.63, 3.8) is 0 Å². The van der Waals surface area contributed by atoms with Crippen LogP contribution in [0, 0.1) is 0 Å². The van der Waals surface area contributed by atoms with E-state index < -0.39 is 9.84 Å². The van der Waals surface area contributed by atoms with E-state index in [1.165, 1.54) is 6.26 Å². The van der Waals surface area contributed by atoms with Gasteiger partial charge in [-0.05, 0) is 30.8 Å². The van der Waals surface area contributed by atoms with Gasteiger partial charge in [-0.25, -0.2) is 8.42 Å². The Morgan fingerprint density at radius 2 is 2.00 bits per heavy atom. The smallest absolute Gasteiger partial charge is 0.149 e. The number of nitrogens with one attached hydrogen (secondary N) is 1. The number of hydrogen-bond donors (Lipinski definition) is 1. The van der Waals surface area contributed by atoms with Crippen LogP contribution in [0.25, 0.3) is 0 Å². The van der Waals surface area contributed by atoms with Crippen LogP contribution in [0.15, 0.2) is 27.1 Å². The fourth-order valence-electron chi connectivity index (χ4n) is 1.41. The highest BCUT2D eigenvalue weighted by molar-refractivity contribution is 9.11. The molecule has 1 aromatic rings. The Morgan fingerprint density at radius 3 is 2.50 bits per heavy atom. The SMILES string of the molecule is CNC(CS(C)(=O)=O)c1cc(Br)ccc1Br. The summed E-state index contributed by atoms with van der Waals surface area (Å²) in [6, 6.07) is 5.50. The molecule has 0 heterocycles. The molecule has 6 heteroatoms. The van der Waals surface area contributed by atoms with Gasteiger partial charge in [0.15, 0.2) is 0 Å². The predicted octanol–water partition coefficient (Wildman–Crippen LogP) is 2.52. The van der Waals surface area contributed by atoms with E-state index in [2.05, 4.69) is 37.2 Å². The zero-order valence-corrected chi connectivity index (χ0v) is 13.0. The number of hydrogen-bond acceptors (Lipinski definition) is 3.